The second-order valence-corrected chi connectivity index (χ2v) is 3.23. The minimum Gasteiger partial charge on any atom is -0.327 e. The van der Waals surface area contributed by atoms with E-state index in [4.69, 9.17) is 17.3 Å². The molecule has 1 aliphatic rings. The minimum absolute atomic E-state index is 0.0127. The average Bonchev–Trinajstić information content (AvgIpc) is 1.88. The van der Waals surface area contributed by atoms with Crippen molar-refractivity contribution in [2.24, 2.45) is 11.7 Å². The molecule has 1 rings (SSSR count). The van der Waals surface area contributed by atoms with Crippen LogP contribution in [0, 0.1) is 5.92 Å². The molecule has 58 valence electrons. The van der Waals surface area contributed by atoms with Crippen molar-refractivity contribution in [3.05, 3.63) is 0 Å². The summed E-state index contributed by atoms with van der Waals surface area (Å²) in [6, 6.07) is 0.0127. The lowest BCUT2D eigenvalue weighted by Gasteiger charge is -2.24. The van der Waals surface area contributed by atoms with Gasteiger partial charge >= 0.3 is 0 Å². The van der Waals surface area contributed by atoms with Crippen LogP contribution in [0.1, 0.15) is 25.7 Å². The van der Waals surface area contributed by atoms with E-state index in [0.717, 1.165) is 25.7 Å². The number of rotatable bonds is 1. The highest BCUT2D eigenvalue weighted by Crippen LogP contribution is 2.24. The first-order valence-corrected chi connectivity index (χ1v) is 4.04. The number of hydrogen-bond donors (Lipinski definition) is 1. The highest BCUT2D eigenvalue weighted by atomic mass is 35.5. The van der Waals surface area contributed by atoms with Crippen molar-refractivity contribution in [3.8, 4) is 0 Å². The standard InChI is InChI=1S/C7H12ClNO/c8-7(10)5-3-1-2-4-6(5)9/h5-6H,1-4,9H2. The molecule has 1 aliphatic carbocycles. The Labute approximate surface area is 65.7 Å². The van der Waals surface area contributed by atoms with E-state index in [9.17, 15) is 4.79 Å². The van der Waals surface area contributed by atoms with Gasteiger partial charge in [-0.3, -0.25) is 4.79 Å². The summed E-state index contributed by atoms with van der Waals surface area (Å²) in [5, 5.41) is -0.257. The van der Waals surface area contributed by atoms with Crippen molar-refractivity contribution in [1.29, 1.82) is 0 Å². The molecule has 0 aromatic rings. The summed E-state index contributed by atoms with van der Waals surface area (Å²) in [5.74, 6) is -0.0737. The summed E-state index contributed by atoms with van der Waals surface area (Å²) in [6.07, 6.45) is 4.06. The zero-order chi connectivity index (χ0) is 7.56. The highest BCUT2D eigenvalue weighted by Gasteiger charge is 2.26. The molecule has 3 heteroatoms. The molecule has 0 radical (unpaired) electrons. The molecule has 1 saturated carbocycles. The van der Waals surface area contributed by atoms with Crippen LogP contribution in [0.25, 0.3) is 0 Å². The van der Waals surface area contributed by atoms with Gasteiger partial charge in [0.2, 0.25) is 5.24 Å². The van der Waals surface area contributed by atoms with Crippen molar-refractivity contribution in [2.75, 3.05) is 0 Å². The first kappa shape index (κ1) is 8.02. The predicted octanol–water partition coefficient (Wildman–Crippen LogP) is 1.27. The maximum atomic E-state index is 10.7. The first-order valence-electron chi connectivity index (χ1n) is 3.66. The predicted molar refractivity (Wildman–Crippen MR) is 40.8 cm³/mol. The summed E-state index contributed by atoms with van der Waals surface area (Å²) in [6.45, 7) is 0. The van der Waals surface area contributed by atoms with E-state index < -0.39 is 0 Å². The molecule has 2 unspecified atom stereocenters. The number of nitrogens with two attached hydrogens (primary N) is 1. The topological polar surface area (TPSA) is 43.1 Å². The molecule has 1 fully saturated rings. The third-order valence-corrected chi connectivity index (χ3v) is 2.39. The van der Waals surface area contributed by atoms with Crippen molar-refractivity contribution in [3.63, 3.8) is 0 Å². The van der Waals surface area contributed by atoms with Crippen LogP contribution in [0.4, 0.5) is 0 Å². The van der Waals surface area contributed by atoms with E-state index in [2.05, 4.69) is 0 Å². The van der Waals surface area contributed by atoms with Gasteiger partial charge in [0.25, 0.3) is 0 Å². The molecule has 0 aromatic heterocycles. The van der Waals surface area contributed by atoms with E-state index in [-0.39, 0.29) is 17.2 Å². The Morgan fingerprint density at radius 1 is 1.40 bits per heavy atom. The lowest BCUT2D eigenvalue weighted by molar-refractivity contribution is -0.116. The monoisotopic (exact) mass is 161 g/mol. The molecule has 2 N–H and O–H groups in total. The van der Waals surface area contributed by atoms with Crippen molar-refractivity contribution < 1.29 is 4.79 Å². The Balaban J connectivity index is 2.47. The number of hydrogen-bond acceptors (Lipinski definition) is 2. The Morgan fingerprint density at radius 3 is 2.40 bits per heavy atom. The zero-order valence-corrected chi connectivity index (χ0v) is 6.60. The maximum Gasteiger partial charge on any atom is 0.226 e. The lowest BCUT2D eigenvalue weighted by Crippen LogP contribution is -2.36. The van der Waals surface area contributed by atoms with Crippen LogP contribution in [0.5, 0.6) is 0 Å². The van der Waals surface area contributed by atoms with Gasteiger partial charge in [-0.05, 0) is 24.4 Å². The van der Waals surface area contributed by atoms with E-state index >= 15 is 0 Å². The zero-order valence-electron chi connectivity index (χ0n) is 5.85. The van der Waals surface area contributed by atoms with Crippen LogP contribution in [0.2, 0.25) is 0 Å². The van der Waals surface area contributed by atoms with Gasteiger partial charge in [-0.15, -0.1) is 0 Å². The quantitative estimate of drug-likeness (QED) is 0.589. The van der Waals surface area contributed by atoms with Gasteiger partial charge in [-0.25, -0.2) is 0 Å². The first-order chi connectivity index (χ1) is 4.72. The molecule has 0 heterocycles. The highest BCUT2D eigenvalue weighted by molar-refractivity contribution is 6.64. The molecule has 0 spiro atoms. The van der Waals surface area contributed by atoms with Crippen LogP contribution in [0.3, 0.4) is 0 Å². The van der Waals surface area contributed by atoms with Crippen LogP contribution in [-0.4, -0.2) is 11.3 Å². The van der Waals surface area contributed by atoms with Crippen molar-refractivity contribution in [1.82, 2.24) is 0 Å². The summed E-state index contributed by atoms with van der Waals surface area (Å²) < 4.78 is 0. The van der Waals surface area contributed by atoms with Gasteiger partial charge in [0.05, 0.1) is 0 Å². The fourth-order valence-electron chi connectivity index (χ4n) is 1.44. The molecule has 0 aliphatic heterocycles. The maximum absolute atomic E-state index is 10.7. The third kappa shape index (κ3) is 1.70. The fraction of sp³-hybridized carbons (Fsp3) is 0.857. The Hall–Kier alpha value is -0.0800. The largest absolute Gasteiger partial charge is 0.327 e. The van der Waals surface area contributed by atoms with Gasteiger partial charge in [0.1, 0.15) is 0 Å². The van der Waals surface area contributed by atoms with Gasteiger partial charge < -0.3 is 5.73 Å². The number of halogens is 1. The van der Waals surface area contributed by atoms with Gasteiger partial charge in [0.15, 0.2) is 0 Å². The summed E-state index contributed by atoms with van der Waals surface area (Å²) in [7, 11) is 0. The molecule has 2 atom stereocenters. The van der Waals surface area contributed by atoms with E-state index in [1.807, 2.05) is 0 Å². The van der Waals surface area contributed by atoms with Crippen LogP contribution < -0.4 is 5.73 Å². The fourth-order valence-corrected chi connectivity index (χ4v) is 1.71. The summed E-state index contributed by atoms with van der Waals surface area (Å²) in [5.41, 5.74) is 5.67. The molecule has 0 bridgehead atoms. The third-order valence-electron chi connectivity index (χ3n) is 2.11. The lowest BCUT2D eigenvalue weighted by atomic mass is 9.86. The Morgan fingerprint density at radius 2 is 2.00 bits per heavy atom. The normalized spacial score (nSPS) is 33.8. The molecule has 2 nitrogen and oxygen atoms in total. The summed E-state index contributed by atoms with van der Waals surface area (Å²) in [4.78, 5) is 10.7. The van der Waals surface area contributed by atoms with Gasteiger partial charge in [-0.2, -0.15) is 0 Å². The van der Waals surface area contributed by atoms with Gasteiger partial charge in [0, 0.05) is 12.0 Å². The molecular formula is C7H12ClNO. The Kier molecular flexibility index (Phi) is 2.69. The van der Waals surface area contributed by atoms with Crippen molar-refractivity contribution in [2.45, 2.75) is 31.7 Å². The number of carbonyl (C=O) groups excluding carboxylic acids is 1. The minimum atomic E-state index is -0.257. The number of carbonyl (C=O) groups is 1. The van der Waals surface area contributed by atoms with Crippen molar-refractivity contribution >= 4 is 16.8 Å². The SMILES string of the molecule is NC1CCCCC1C(=O)Cl. The average molecular weight is 162 g/mol. The van der Waals surface area contributed by atoms with Gasteiger partial charge in [-0.1, -0.05) is 12.8 Å². The summed E-state index contributed by atoms with van der Waals surface area (Å²) >= 11 is 5.33. The van der Waals surface area contributed by atoms with Crippen LogP contribution >= 0.6 is 11.6 Å². The van der Waals surface area contributed by atoms with E-state index in [1.165, 1.54) is 0 Å². The van der Waals surface area contributed by atoms with E-state index in [1.54, 1.807) is 0 Å². The molecule has 0 saturated heterocycles. The Bertz CT molecular complexity index is 138. The molecule has 0 aromatic carbocycles. The second kappa shape index (κ2) is 3.35. The second-order valence-electron chi connectivity index (χ2n) is 2.86. The smallest absolute Gasteiger partial charge is 0.226 e. The van der Waals surface area contributed by atoms with Crippen LogP contribution in [0.15, 0.2) is 0 Å². The van der Waals surface area contributed by atoms with E-state index in [0.29, 0.717) is 0 Å². The van der Waals surface area contributed by atoms with Crippen LogP contribution in [-0.2, 0) is 4.79 Å². The molecular weight excluding hydrogens is 150 g/mol. The molecule has 0 amide bonds. The molecule has 10 heavy (non-hydrogen) atoms.